The molecule has 0 atom stereocenters. The lowest BCUT2D eigenvalue weighted by molar-refractivity contribution is 0.0601. The van der Waals surface area contributed by atoms with E-state index in [0.29, 0.717) is 10.5 Å². The minimum Gasteiger partial charge on any atom is -0.465 e. The summed E-state index contributed by atoms with van der Waals surface area (Å²) in [5.74, 6) is -0.375. The number of carbonyl (C=O) groups is 1. The lowest BCUT2D eigenvalue weighted by Crippen LogP contribution is -2.00. The van der Waals surface area contributed by atoms with Crippen molar-refractivity contribution in [3.8, 4) is 6.07 Å². The Labute approximate surface area is 141 Å². The number of rotatable bonds is 4. The van der Waals surface area contributed by atoms with E-state index < -0.39 is 0 Å². The Hall–Kier alpha value is -2.03. The summed E-state index contributed by atoms with van der Waals surface area (Å²) in [7, 11) is 1.35. The standard InChI is InChI=1S/C17H12BrNO2S/c1-21-17(20)13-4-2-12(3-5-13)10-16(11-19)22-15-8-6-14(18)7-9-15/h2-10H,1H3. The summed E-state index contributed by atoms with van der Waals surface area (Å²) in [6.07, 6.45) is 1.79. The van der Waals surface area contributed by atoms with E-state index in [9.17, 15) is 10.1 Å². The van der Waals surface area contributed by atoms with Crippen molar-refractivity contribution in [1.29, 1.82) is 5.26 Å². The molecule has 3 nitrogen and oxygen atoms in total. The monoisotopic (exact) mass is 373 g/mol. The van der Waals surface area contributed by atoms with Crippen LogP contribution in [0.5, 0.6) is 0 Å². The first-order valence-electron chi connectivity index (χ1n) is 6.36. The van der Waals surface area contributed by atoms with Crippen LogP contribution in [0.3, 0.4) is 0 Å². The van der Waals surface area contributed by atoms with Crippen LogP contribution in [0.15, 0.2) is 62.8 Å². The van der Waals surface area contributed by atoms with E-state index in [0.717, 1.165) is 14.9 Å². The minimum absolute atomic E-state index is 0.375. The highest BCUT2D eigenvalue weighted by Gasteiger charge is 2.05. The summed E-state index contributed by atoms with van der Waals surface area (Å²) in [6.45, 7) is 0. The van der Waals surface area contributed by atoms with Crippen molar-refractivity contribution in [3.63, 3.8) is 0 Å². The van der Waals surface area contributed by atoms with Crippen molar-refractivity contribution >= 4 is 39.7 Å². The van der Waals surface area contributed by atoms with E-state index in [1.807, 2.05) is 24.3 Å². The number of benzene rings is 2. The Kier molecular flexibility index (Phi) is 5.82. The summed E-state index contributed by atoms with van der Waals surface area (Å²) in [5.41, 5.74) is 1.34. The Bertz CT molecular complexity index is 731. The highest BCUT2D eigenvalue weighted by molar-refractivity contribution is 9.10. The number of carbonyl (C=O) groups excluding carboxylic acids is 1. The predicted molar refractivity (Wildman–Crippen MR) is 91.4 cm³/mol. The molecule has 110 valence electrons. The van der Waals surface area contributed by atoms with Crippen molar-refractivity contribution in [1.82, 2.24) is 0 Å². The van der Waals surface area contributed by atoms with Crippen LogP contribution in [-0.4, -0.2) is 13.1 Å². The molecular formula is C17H12BrNO2S. The number of hydrogen-bond acceptors (Lipinski definition) is 4. The van der Waals surface area contributed by atoms with Crippen LogP contribution in [0.25, 0.3) is 6.08 Å². The van der Waals surface area contributed by atoms with Gasteiger partial charge in [0.2, 0.25) is 0 Å². The normalized spacial score (nSPS) is 10.9. The van der Waals surface area contributed by atoms with Gasteiger partial charge in [-0.2, -0.15) is 5.26 Å². The first kappa shape index (κ1) is 16.3. The Morgan fingerprint density at radius 3 is 2.36 bits per heavy atom. The van der Waals surface area contributed by atoms with E-state index in [4.69, 9.17) is 0 Å². The lowest BCUT2D eigenvalue weighted by atomic mass is 10.1. The summed E-state index contributed by atoms with van der Waals surface area (Å²) in [5, 5.41) is 9.26. The fraction of sp³-hybridized carbons (Fsp3) is 0.0588. The van der Waals surface area contributed by atoms with E-state index in [1.165, 1.54) is 18.9 Å². The predicted octanol–water partition coefficient (Wildman–Crippen LogP) is 4.89. The van der Waals surface area contributed by atoms with E-state index in [2.05, 4.69) is 26.7 Å². The molecule has 0 aliphatic carbocycles. The number of thioether (sulfide) groups is 1. The Balaban J connectivity index is 2.16. The van der Waals surface area contributed by atoms with E-state index in [-0.39, 0.29) is 5.97 Å². The molecule has 0 radical (unpaired) electrons. The average Bonchev–Trinajstić information content (AvgIpc) is 2.56. The average molecular weight is 374 g/mol. The van der Waals surface area contributed by atoms with Crippen LogP contribution in [0.1, 0.15) is 15.9 Å². The zero-order chi connectivity index (χ0) is 15.9. The molecule has 2 rings (SSSR count). The largest absolute Gasteiger partial charge is 0.465 e. The van der Waals surface area contributed by atoms with Crippen molar-refractivity contribution < 1.29 is 9.53 Å². The topological polar surface area (TPSA) is 50.1 Å². The molecule has 0 aliphatic heterocycles. The van der Waals surface area contributed by atoms with Gasteiger partial charge in [0, 0.05) is 9.37 Å². The summed E-state index contributed by atoms with van der Waals surface area (Å²) in [6, 6.07) is 16.9. The number of halogens is 1. The maximum Gasteiger partial charge on any atom is 0.337 e. The highest BCUT2D eigenvalue weighted by Crippen LogP contribution is 2.28. The number of ether oxygens (including phenoxy) is 1. The van der Waals surface area contributed by atoms with Gasteiger partial charge in [-0.15, -0.1) is 0 Å². The molecule has 0 unspecified atom stereocenters. The van der Waals surface area contributed by atoms with Crippen molar-refractivity contribution in [2.45, 2.75) is 4.90 Å². The highest BCUT2D eigenvalue weighted by atomic mass is 79.9. The molecule has 0 amide bonds. The fourth-order valence-electron chi connectivity index (χ4n) is 1.70. The van der Waals surface area contributed by atoms with Gasteiger partial charge < -0.3 is 4.74 Å². The van der Waals surface area contributed by atoms with Crippen LogP contribution in [-0.2, 0) is 4.74 Å². The third-order valence-corrected chi connectivity index (χ3v) is 4.25. The Morgan fingerprint density at radius 2 is 1.82 bits per heavy atom. The molecule has 2 aromatic rings. The van der Waals surface area contributed by atoms with Crippen LogP contribution in [0, 0.1) is 11.3 Å². The molecule has 0 N–H and O–H groups in total. The molecule has 0 saturated carbocycles. The second-order valence-corrected chi connectivity index (χ2v) is 6.32. The maximum absolute atomic E-state index is 11.4. The Morgan fingerprint density at radius 1 is 1.18 bits per heavy atom. The lowest BCUT2D eigenvalue weighted by Gasteiger charge is -2.02. The molecule has 0 aromatic heterocycles. The zero-order valence-corrected chi connectivity index (χ0v) is 14.1. The van der Waals surface area contributed by atoms with Gasteiger partial charge in [-0.05, 0) is 48.0 Å². The van der Waals surface area contributed by atoms with Crippen molar-refractivity contribution in [3.05, 3.63) is 69.0 Å². The number of allylic oxidation sites excluding steroid dienone is 1. The molecule has 0 spiro atoms. The fourth-order valence-corrected chi connectivity index (χ4v) is 2.73. The molecule has 5 heteroatoms. The van der Waals surface area contributed by atoms with Crippen molar-refractivity contribution in [2.24, 2.45) is 0 Å². The molecule has 22 heavy (non-hydrogen) atoms. The van der Waals surface area contributed by atoms with E-state index in [1.54, 1.807) is 30.3 Å². The summed E-state index contributed by atoms with van der Waals surface area (Å²) < 4.78 is 5.65. The minimum atomic E-state index is -0.375. The quantitative estimate of drug-likeness (QED) is 0.434. The maximum atomic E-state index is 11.4. The van der Waals surface area contributed by atoms with Gasteiger partial charge in [-0.1, -0.05) is 39.8 Å². The van der Waals surface area contributed by atoms with Crippen molar-refractivity contribution in [2.75, 3.05) is 7.11 Å². The molecule has 0 fully saturated rings. The molecule has 2 aromatic carbocycles. The van der Waals surface area contributed by atoms with Crippen LogP contribution in [0.4, 0.5) is 0 Å². The van der Waals surface area contributed by atoms with Crippen LogP contribution in [0.2, 0.25) is 0 Å². The first-order valence-corrected chi connectivity index (χ1v) is 7.97. The van der Waals surface area contributed by atoms with Crippen LogP contribution >= 0.6 is 27.7 Å². The van der Waals surface area contributed by atoms with Gasteiger partial charge in [0.15, 0.2) is 0 Å². The van der Waals surface area contributed by atoms with Gasteiger partial charge in [0.05, 0.1) is 17.6 Å². The second kappa shape index (κ2) is 7.83. The summed E-state index contributed by atoms with van der Waals surface area (Å²) in [4.78, 5) is 12.9. The third-order valence-electron chi connectivity index (χ3n) is 2.78. The molecule has 0 bridgehead atoms. The van der Waals surface area contributed by atoms with Gasteiger partial charge in [-0.3, -0.25) is 0 Å². The third kappa shape index (κ3) is 4.48. The zero-order valence-electron chi connectivity index (χ0n) is 11.7. The number of nitrogens with zero attached hydrogens (tertiary/aromatic N) is 1. The SMILES string of the molecule is COC(=O)c1ccc(C=C(C#N)Sc2ccc(Br)cc2)cc1. The smallest absolute Gasteiger partial charge is 0.337 e. The number of hydrogen-bond donors (Lipinski definition) is 0. The number of nitriles is 1. The van der Waals surface area contributed by atoms with Gasteiger partial charge in [0.1, 0.15) is 6.07 Å². The number of esters is 1. The molecular weight excluding hydrogens is 362 g/mol. The molecule has 0 aliphatic rings. The second-order valence-electron chi connectivity index (χ2n) is 4.29. The van der Waals surface area contributed by atoms with E-state index >= 15 is 0 Å². The molecule has 0 heterocycles. The molecule has 0 saturated heterocycles. The first-order chi connectivity index (χ1) is 10.6. The van der Waals surface area contributed by atoms with Gasteiger partial charge in [0.25, 0.3) is 0 Å². The van der Waals surface area contributed by atoms with Gasteiger partial charge >= 0.3 is 5.97 Å². The van der Waals surface area contributed by atoms with Crippen LogP contribution < -0.4 is 0 Å². The van der Waals surface area contributed by atoms with Gasteiger partial charge in [-0.25, -0.2) is 4.79 Å². The summed E-state index contributed by atoms with van der Waals surface area (Å²) >= 11 is 4.77. The number of methoxy groups -OCH3 is 1.